The largest absolute Gasteiger partial charge is 0.343 e. The summed E-state index contributed by atoms with van der Waals surface area (Å²) in [5, 5.41) is 0. The summed E-state index contributed by atoms with van der Waals surface area (Å²) < 4.78 is 0. The molecule has 2 fully saturated rings. The molecule has 1 aromatic carbocycles. The van der Waals surface area contributed by atoms with Crippen LogP contribution in [0.4, 0.5) is 0 Å². The normalized spacial score (nSPS) is 20.7. The van der Waals surface area contributed by atoms with Crippen LogP contribution in [-0.4, -0.2) is 66.4 Å². The number of hydrogen-bond donors (Lipinski definition) is 0. The van der Waals surface area contributed by atoms with E-state index in [1.165, 1.54) is 5.56 Å². The third-order valence-electron chi connectivity index (χ3n) is 4.79. The van der Waals surface area contributed by atoms with Crippen LogP contribution in [-0.2, 0) is 11.3 Å². The van der Waals surface area contributed by atoms with Crippen LogP contribution in [0.5, 0.6) is 0 Å². The zero-order chi connectivity index (χ0) is 15.2. The summed E-state index contributed by atoms with van der Waals surface area (Å²) in [6.07, 6.45) is 2.93. The fraction of sp³-hybridized carbons (Fsp3) is 0.611. The number of rotatable bonds is 6. The van der Waals surface area contributed by atoms with Crippen LogP contribution in [0.25, 0.3) is 0 Å². The van der Waals surface area contributed by atoms with Gasteiger partial charge in [-0.05, 0) is 24.9 Å². The molecule has 3 rings (SSSR count). The second-order valence-electron chi connectivity index (χ2n) is 6.44. The van der Waals surface area contributed by atoms with E-state index in [4.69, 9.17) is 0 Å². The highest BCUT2D eigenvalue weighted by Crippen LogP contribution is 2.11. The van der Waals surface area contributed by atoms with Crippen LogP contribution >= 0.6 is 0 Å². The van der Waals surface area contributed by atoms with Gasteiger partial charge in [-0.25, -0.2) is 0 Å². The van der Waals surface area contributed by atoms with Gasteiger partial charge in [-0.3, -0.25) is 9.69 Å². The van der Waals surface area contributed by atoms with Gasteiger partial charge in [-0.1, -0.05) is 30.3 Å². The number of carbonyl (C=O) groups is 1. The van der Waals surface area contributed by atoms with E-state index in [0.29, 0.717) is 5.91 Å². The molecule has 2 saturated heterocycles. The predicted molar refractivity (Wildman–Crippen MR) is 88.6 cm³/mol. The summed E-state index contributed by atoms with van der Waals surface area (Å²) in [6, 6.07) is 10.7. The van der Waals surface area contributed by atoms with Crippen molar-refractivity contribution in [3.63, 3.8) is 0 Å². The second-order valence-corrected chi connectivity index (χ2v) is 6.44. The number of hydrogen-bond acceptors (Lipinski definition) is 3. The lowest BCUT2D eigenvalue weighted by Gasteiger charge is -2.35. The molecular formula is C18H27N3O. The molecule has 0 N–H and O–H groups in total. The Hall–Kier alpha value is -1.39. The monoisotopic (exact) mass is 301 g/mol. The average Bonchev–Trinajstić information content (AvgIpc) is 2.95. The van der Waals surface area contributed by atoms with Crippen molar-refractivity contribution in [3.05, 3.63) is 35.9 Å². The summed E-state index contributed by atoms with van der Waals surface area (Å²) in [5.41, 5.74) is 1.41. The summed E-state index contributed by atoms with van der Waals surface area (Å²) in [6.45, 7) is 8.73. The highest BCUT2D eigenvalue weighted by Gasteiger charge is 2.20. The van der Waals surface area contributed by atoms with Gasteiger partial charge in [-0.2, -0.15) is 0 Å². The Morgan fingerprint density at radius 1 is 0.864 bits per heavy atom. The van der Waals surface area contributed by atoms with Gasteiger partial charge in [-0.15, -0.1) is 0 Å². The SMILES string of the molecule is O=C1CCCN1CCCN1CCN(Cc2ccccc2)CC1. The maximum absolute atomic E-state index is 11.6. The first-order chi connectivity index (χ1) is 10.8. The van der Waals surface area contributed by atoms with E-state index in [9.17, 15) is 4.79 Å². The molecule has 0 spiro atoms. The standard InChI is InChI=1S/C18H27N3O/c22-18-8-4-10-21(18)11-5-9-19-12-14-20(15-13-19)16-17-6-2-1-3-7-17/h1-3,6-7H,4-5,8-16H2. The number of carbonyl (C=O) groups excluding carboxylic acids is 1. The number of benzene rings is 1. The molecule has 0 unspecified atom stereocenters. The molecule has 1 amide bonds. The summed E-state index contributed by atoms with van der Waals surface area (Å²) in [4.78, 5) is 18.7. The lowest BCUT2D eigenvalue weighted by Crippen LogP contribution is -2.46. The molecule has 22 heavy (non-hydrogen) atoms. The van der Waals surface area contributed by atoms with Crippen molar-refractivity contribution < 1.29 is 4.79 Å². The van der Waals surface area contributed by atoms with E-state index in [0.717, 1.165) is 71.6 Å². The molecular weight excluding hydrogens is 274 g/mol. The molecule has 0 saturated carbocycles. The van der Waals surface area contributed by atoms with Crippen molar-refractivity contribution >= 4 is 5.91 Å². The van der Waals surface area contributed by atoms with Crippen LogP contribution in [0.3, 0.4) is 0 Å². The lowest BCUT2D eigenvalue weighted by atomic mass is 10.2. The van der Waals surface area contributed by atoms with Gasteiger partial charge < -0.3 is 9.80 Å². The summed E-state index contributed by atoms with van der Waals surface area (Å²) in [5.74, 6) is 0.354. The molecule has 0 radical (unpaired) electrons. The first kappa shape index (κ1) is 15.5. The first-order valence-electron chi connectivity index (χ1n) is 8.58. The fourth-order valence-electron chi connectivity index (χ4n) is 3.44. The molecule has 4 heteroatoms. The fourth-order valence-corrected chi connectivity index (χ4v) is 3.44. The lowest BCUT2D eigenvalue weighted by molar-refractivity contribution is -0.127. The third kappa shape index (κ3) is 4.31. The Balaban J connectivity index is 1.32. The molecule has 2 aliphatic heterocycles. The minimum atomic E-state index is 0.354. The van der Waals surface area contributed by atoms with Crippen molar-refractivity contribution in [2.75, 3.05) is 45.8 Å². The molecule has 0 aromatic heterocycles. The summed E-state index contributed by atoms with van der Waals surface area (Å²) >= 11 is 0. The number of likely N-dealkylation sites (tertiary alicyclic amines) is 1. The Bertz CT molecular complexity index is 468. The van der Waals surface area contributed by atoms with E-state index in [2.05, 4.69) is 40.1 Å². The molecule has 120 valence electrons. The molecule has 0 bridgehead atoms. The second kappa shape index (κ2) is 7.75. The maximum Gasteiger partial charge on any atom is 0.222 e. The third-order valence-corrected chi connectivity index (χ3v) is 4.79. The zero-order valence-corrected chi connectivity index (χ0v) is 13.4. The van der Waals surface area contributed by atoms with Crippen molar-refractivity contribution in [1.29, 1.82) is 0 Å². The maximum atomic E-state index is 11.6. The Labute approximate surface area is 133 Å². The van der Waals surface area contributed by atoms with Crippen LogP contribution < -0.4 is 0 Å². The van der Waals surface area contributed by atoms with E-state index < -0.39 is 0 Å². The smallest absolute Gasteiger partial charge is 0.222 e. The quantitative estimate of drug-likeness (QED) is 0.802. The number of piperazine rings is 1. The Morgan fingerprint density at radius 3 is 2.27 bits per heavy atom. The van der Waals surface area contributed by atoms with E-state index in [-0.39, 0.29) is 0 Å². The predicted octanol–water partition coefficient (Wildman–Crippen LogP) is 1.82. The minimum Gasteiger partial charge on any atom is -0.343 e. The van der Waals surface area contributed by atoms with E-state index >= 15 is 0 Å². The van der Waals surface area contributed by atoms with Gasteiger partial charge >= 0.3 is 0 Å². The minimum absolute atomic E-state index is 0.354. The zero-order valence-electron chi connectivity index (χ0n) is 13.4. The molecule has 0 aliphatic carbocycles. The van der Waals surface area contributed by atoms with Gasteiger partial charge in [0.1, 0.15) is 0 Å². The van der Waals surface area contributed by atoms with Crippen LogP contribution in [0.2, 0.25) is 0 Å². The summed E-state index contributed by atoms with van der Waals surface area (Å²) in [7, 11) is 0. The number of amides is 1. The van der Waals surface area contributed by atoms with Gasteiger partial charge in [0.15, 0.2) is 0 Å². The molecule has 1 aromatic rings. The van der Waals surface area contributed by atoms with Crippen LogP contribution in [0, 0.1) is 0 Å². The highest BCUT2D eigenvalue weighted by atomic mass is 16.2. The van der Waals surface area contributed by atoms with E-state index in [1.54, 1.807) is 0 Å². The van der Waals surface area contributed by atoms with Gasteiger partial charge in [0.25, 0.3) is 0 Å². The molecule has 2 aliphatic rings. The van der Waals surface area contributed by atoms with Crippen LogP contribution in [0.15, 0.2) is 30.3 Å². The molecule has 2 heterocycles. The molecule has 4 nitrogen and oxygen atoms in total. The topological polar surface area (TPSA) is 26.8 Å². The van der Waals surface area contributed by atoms with Gasteiger partial charge in [0, 0.05) is 52.2 Å². The first-order valence-corrected chi connectivity index (χ1v) is 8.58. The van der Waals surface area contributed by atoms with Crippen molar-refractivity contribution in [2.45, 2.75) is 25.8 Å². The Morgan fingerprint density at radius 2 is 1.59 bits per heavy atom. The number of nitrogens with zero attached hydrogens (tertiary/aromatic N) is 3. The average molecular weight is 301 g/mol. The van der Waals surface area contributed by atoms with Crippen molar-refractivity contribution in [2.24, 2.45) is 0 Å². The van der Waals surface area contributed by atoms with Gasteiger partial charge in [0.2, 0.25) is 5.91 Å². The highest BCUT2D eigenvalue weighted by molar-refractivity contribution is 5.77. The van der Waals surface area contributed by atoms with E-state index in [1.807, 2.05) is 4.90 Å². The van der Waals surface area contributed by atoms with Crippen LogP contribution in [0.1, 0.15) is 24.8 Å². The van der Waals surface area contributed by atoms with Crippen molar-refractivity contribution in [1.82, 2.24) is 14.7 Å². The van der Waals surface area contributed by atoms with Crippen molar-refractivity contribution in [3.8, 4) is 0 Å². The Kier molecular flexibility index (Phi) is 5.46. The van der Waals surface area contributed by atoms with Gasteiger partial charge in [0.05, 0.1) is 0 Å². The molecule has 0 atom stereocenters.